The Morgan fingerprint density at radius 1 is 1.40 bits per heavy atom. The van der Waals surface area contributed by atoms with Crippen molar-refractivity contribution in [2.45, 2.75) is 20.3 Å². The lowest BCUT2D eigenvalue weighted by Crippen LogP contribution is -2.32. The number of carboxylic acid groups (broad SMARTS) is 1. The summed E-state index contributed by atoms with van der Waals surface area (Å²) in [5, 5.41) is 11.2. The highest BCUT2D eigenvalue weighted by molar-refractivity contribution is 5.91. The molecule has 0 heterocycles. The number of hydrogen-bond acceptors (Lipinski definition) is 2. The molecule has 0 spiro atoms. The molecule has 1 aromatic carbocycles. The second-order valence-corrected chi connectivity index (χ2v) is 5.03. The zero-order chi connectivity index (χ0) is 15.3. The van der Waals surface area contributed by atoms with Gasteiger partial charge in [0.1, 0.15) is 5.82 Å². The predicted octanol–water partition coefficient (Wildman–Crippen LogP) is 3.03. The van der Waals surface area contributed by atoms with Gasteiger partial charge in [0.25, 0.3) is 0 Å². The predicted molar refractivity (Wildman–Crippen MR) is 74.5 cm³/mol. The number of nitrogens with zero attached hydrogens (tertiary/aromatic N) is 1. The van der Waals surface area contributed by atoms with Gasteiger partial charge in [-0.1, -0.05) is 13.8 Å². The van der Waals surface area contributed by atoms with Crippen LogP contribution in [0.2, 0.25) is 0 Å². The third kappa shape index (κ3) is 4.53. The van der Waals surface area contributed by atoms with E-state index >= 15 is 0 Å². The van der Waals surface area contributed by atoms with Gasteiger partial charge in [-0.05, 0) is 30.5 Å². The molecule has 6 heteroatoms. The Labute approximate surface area is 117 Å². The van der Waals surface area contributed by atoms with Crippen LogP contribution in [0.5, 0.6) is 0 Å². The molecule has 0 saturated heterocycles. The average molecular weight is 282 g/mol. The molecule has 2 N–H and O–H groups in total. The van der Waals surface area contributed by atoms with Crippen LogP contribution in [0.1, 0.15) is 30.6 Å². The zero-order valence-electron chi connectivity index (χ0n) is 11.8. The zero-order valence-corrected chi connectivity index (χ0v) is 11.8. The van der Waals surface area contributed by atoms with Crippen LogP contribution in [-0.4, -0.2) is 35.6 Å². The molecule has 0 aliphatic carbocycles. The van der Waals surface area contributed by atoms with Gasteiger partial charge in [-0.25, -0.2) is 14.0 Å². The molecule has 1 rings (SSSR count). The topological polar surface area (TPSA) is 69.6 Å². The SMILES string of the molecule is CC(C)CCN(C)C(=O)Nc1ccc(C(=O)O)c(F)c1. The van der Waals surface area contributed by atoms with Crippen molar-refractivity contribution in [1.82, 2.24) is 4.90 Å². The Morgan fingerprint density at radius 3 is 2.55 bits per heavy atom. The Balaban J connectivity index is 2.66. The van der Waals surface area contributed by atoms with E-state index in [1.807, 2.05) is 0 Å². The number of carbonyl (C=O) groups is 2. The first-order valence-electron chi connectivity index (χ1n) is 6.36. The van der Waals surface area contributed by atoms with Gasteiger partial charge >= 0.3 is 12.0 Å². The third-order valence-electron chi connectivity index (χ3n) is 2.84. The average Bonchev–Trinajstić information content (AvgIpc) is 2.35. The molecule has 0 atom stereocenters. The molecule has 0 radical (unpaired) electrons. The largest absolute Gasteiger partial charge is 0.478 e. The lowest BCUT2D eigenvalue weighted by Gasteiger charge is -2.19. The number of aromatic carboxylic acids is 1. The van der Waals surface area contributed by atoms with Gasteiger partial charge in [-0.3, -0.25) is 0 Å². The lowest BCUT2D eigenvalue weighted by atomic mass is 10.1. The maximum atomic E-state index is 13.5. The normalized spacial score (nSPS) is 10.4. The molecule has 110 valence electrons. The Hall–Kier alpha value is -2.11. The molecule has 0 aliphatic heterocycles. The molecular weight excluding hydrogens is 263 g/mol. The standard InChI is InChI=1S/C14H19FN2O3/c1-9(2)6-7-17(3)14(20)16-10-4-5-11(13(18)19)12(15)8-10/h4-5,8-9H,6-7H2,1-3H3,(H,16,20)(H,18,19). The van der Waals surface area contributed by atoms with Crippen LogP contribution in [0, 0.1) is 11.7 Å². The smallest absolute Gasteiger partial charge is 0.338 e. The van der Waals surface area contributed by atoms with Crippen LogP contribution >= 0.6 is 0 Å². The molecular formula is C14H19FN2O3. The van der Waals surface area contributed by atoms with E-state index in [0.29, 0.717) is 12.5 Å². The summed E-state index contributed by atoms with van der Waals surface area (Å²) in [6.07, 6.45) is 0.871. The van der Waals surface area contributed by atoms with Crippen molar-refractivity contribution in [2.24, 2.45) is 5.92 Å². The van der Waals surface area contributed by atoms with Crippen molar-refractivity contribution in [3.05, 3.63) is 29.6 Å². The summed E-state index contributed by atoms with van der Waals surface area (Å²) in [5.41, 5.74) is -0.190. The fraction of sp³-hybridized carbons (Fsp3) is 0.429. The number of carbonyl (C=O) groups excluding carboxylic acids is 1. The molecule has 2 amide bonds. The number of rotatable bonds is 5. The van der Waals surface area contributed by atoms with Crippen LogP contribution in [0.15, 0.2) is 18.2 Å². The maximum absolute atomic E-state index is 13.5. The van der Waals surface area contributed by atoms with Crippen LogP contribution in [0.4, 0.5) is 14.9 Å². The Kier molecular flexibility index (Phi) is 5.49. The number of amides is 2. The minimum Gasteiger partial charge on any atom is -0.478 e. The van der Waals surface area contributed by atoms with Crippen molar-refractivity contribution in [1.29, 1.82) is 0 Å². The number of nitrogens with one attached hydrogen (secondary N) is 1. The molecule has 0 aromatic heterocycles. The number of anilines is 1. The van der Waals surface area contributed by atoms with Crippen molar-refractivity contribution in [2.75, 3.05) is 18.9 Å². The van der Waals surface area contributed by atoms with Gasteiger partial charge in [0.05, 0.1) is 5.56 Å². The number of urea groups is 1. The van der Waals surface area contributed by atoms with Gasteiger partial charge in [0.15, 0.2) is 0 Å². The van der Waals surface area contributed by atoms with Crippen LogP contribution in [0.25, 0.3) is 0 Å². The van der Waals surface area contributed by atoms with E-state index in [9.17, 15) is 14.0 Å². The highest BCUT2D eigenvalue weighted by atomic mass is 19.1. The summed E-state index contributed by atoms with van der Waals surface area (Å²) < 4.78 is 13.5. The molecule has 0 unspecified atom stereocenters. The van der Waals surface area contributed by atoms with E-state index < -0.39 is 17.3 Å². The van der Waals surface area contributed by atoms with E-state index in [0.717, 1.165) is 18.6 Å². The van der Waals surface area contributed by atoms with E-state index in [1.54, 1.807) is 7.05 Å². The summed E-state index contributed by atoms with van der Waals surface area (Å²) in [6.45, 7) is 4.72. The van der Waals surface area contributed by atoms with Crippen molar-refractivity contribution in [3.8, 4) is 0 Å². The molecule has 20 heavy (non-hydrogen) atoms. The quantitative estimate of drug-likeness (QED) is 0.872. The summed E-state index contributed by atoms with van der Waals surface area (Å²) in [6, 6.07) is 3.13. The van der Waals surface area contributed by atoms with Gasteiger partial charge in [-0.2, -0.15) is 0 Å². The first-order chi connectivity index (χ1) is 9.31. The number of halogens is 1. The fourth-order valence-electron chi connectivity index (χ4n) is 1.54. The minimum absolute atomic E-state index is 0.230. The van der Waals surface area contributed by atoms with Crippen LogP contribution < -0.4 is 5.32 Å². The van der Waals surface area contributed by atoms with Crippen molar-refractivity contribution < 1.29 is 19.1 Å². The molecule has 1 aromatic rings. The Morgan fingerprint density at radius 2 is 2.05 bits per heavy atom. The number of benzene rings is 1. The molecule has 5 nitrogen and oxygen atoms in total. The monoisotopic (exact) mass is 282 g/mol. The highest BCUT2D eigenvalue weighted by Gasteiger charge is 2.13. The Bertz CT molecular complexity index is 503. The number of hydrogen-bond donors (Lipinski definition) is 2. The summed E-state index contributed by atoms with van der Waals surface area (Å²) in [5.74, 6) is -1.73. The van der Waals surface area contributed by atoms with E-state index in [4.69, 9.17) is 5.11 Å². The van der Waals surface area contributed by atoms with Gasteiger partial charge in [-0.15, -0.1) is 0 Å². The van der Waals surface area contributed by atoms with Crippen molar-refractivity contribution >= 4 is 17.7 Å². The fourth-order valence-corrected chi connectivity index (χ4v) is 1.54. The maximum Gasteiger partial charge on any atom is 0.338 e. The second kappa shape index (κ2) is 6.88. The summed E-state index contributed by atoms with van der Waals surface area (Å²) in [7, 11) is 1.65. The van der Waals surface area contributed by atoms with Crippen LogP contribution in [0.3, 0.4) is 0 Å². The van der Waals surface area contributed by atoms with Crippen LogP contribution in [-0.2, 0) is 0 Å². The highest BCUT2D eigenvalue weighted by Crippen LogP contribution is 2.15. The first kappa shape index (κ1) is 15.9. The number of carboxylic acids is 1. The third-order valence-corrected chi connectivity index (χ3v) is 2.84. The summed E-state index contributed by atoms with van der Waals surface area (Å²) >= 11 is 0. The molecule has 0 aliphatic rings. The second-order valence-electron chi connectivity index (χ2n) is 5.03. The van der Waals surface area contributed by atoms with E-state index in [-0.39, 0.29) is 11.7 Å². The molecule has 0 saturated carbocycles. The van der Waals surface area contributed by atoms with Gasteiger partial charge < -0.3 is 15.3 Å². The van der Waals surface area contributed by atoms with E-state index in [2.05, 4.69) is 19.2 Å². The van der Waals surface area contributed by atoms with Gasteiger partial charge in [0, 0.05) is 19.3 Å². The van der Waals surface area contributed by atoms with Crippen molar-refractivity contribution in [3.63, 3.8) is 0 Å². The molecule has 0 fully saturated rings. The van der Waals surface area contributed by atoms with E-state index in [1.165, 1.54) is 11.0 Å². The first-order valence-corrected chi connectivity index (χ1v) is 6.36. The minimum atomic E-state index is -1.34. The lowest BCUT2D eigenvalue weighted by molar-refractivity contribution is 0.0692. The summed E-state index contributed by atoms with van der Waals surface area (Å²) in [4.78, 5) is 24.0. The van der Waals surface area contributed by atoms with Gasteiger partial charge in [0.2, 0.25) is 0 Å². The molecule has 0 bridgehead atoms.